The summed E-state index contributed by atoms with van der Waals surface area (Å²) >= 11 is 0. The van der Waals surface area contributed by atoms with Gasteiger partial charge in [-0.1, -0.05) is 12.1 Å². The molecule has 2 aromatic carbocycles. The van der Waals surface area contributed by atoms with Crippen LogP contribution in [0.25, 0.3) is 0 Å². The van der Waals surface area contributed by atoms with Crippen molar-refractivity contribution in [1.82, 2.24) is 10.3 Å². The number of anilines is 2. The van der Waals surface area contributed by atoms with Crippen LogP contribution in [0.1, 0.15) is 15.9 Å². The Morgan fingerprint density at radius 1 is 0.926 bits per heavy atom. The zero-order valence-electron chi connectivity index (χ0n) is 13.8. The predicted molar refractivity (Wildman–Crippen MR) is 91.4 cm³/mol. The normalized spacial score (nSPS) is 10.5. The minimum absolute atomic E-state index is 0.171. The summed E-state index contributed by atoms with van der Waals surface area (Å²) < 4.78 is 52.9. The molecule has 0 fully saturated rings. The third-order valence-electron chi connectivity index (χ3n) is 3.68. The molecular formula is C19H13F4N3O. The number of amides is 1. The number of rotatable bonds is 5. The molecule has 0 spiro atoms. The van der Waals surface area contributed by atoms with E-state index in [1.165, 1.54) is 42.7 Å². The molecule has 0 saturated heterocycles. The van der Waals surface area contributed by atoms with Crippen LogP contribution in [0.2, 0.25) is 0 Å². The topological polar surface area (TPSA) is 54.0 Å². The number of nitrogens with one attached hydrogen (secondary N) is 2. The Hall–Kier alpha value is -3.42. The third kappa shape index (κ3) is 4.41. The highest BCUT2D eigenvalue weighted by molar-refractivity contribution is 5.94. The molecule has 8 heteroatoms. The second kappa shape index (κ2) is 7.86. The lowest BCUT2D eigenvalue weighted by molar-refractivity contribution is 0.0950. The number of aromatic nitrogens is 1. The summed E-state index contributed by atoms with van der Waals surface area (Å²) in [7, 11) is 0. The predicted octanol–water partition coefficient (Wildman–Crippen LogP) is 4.31. The van der Waals surface area contributed by atoms with E-state index in [1.54, 1.807) is 0 Å². The Morgan fingerprint density at radius 2 is 1.67 bits per heavy atom. The summed E-state index contributed by atoms with van der Waals surface area (Å²) in [4.78, 5) is 16.1. The van der Waals surface area contributed by atoms with Gasteiger partial charge in [-0.3, -0.25) is 9.78 Å². The van der Waals surface area contributed by atoms with Crippen molar-refractivity contribution in [1.29, 1.82) is 0 Å². The first-order chi connectivity index (χ1) is 12.9. The summed E-state index contributed by atoms with van der Waals surface area (Å²) in [5.74, 6) is -5.11. The van der Waals surface area contributed by atoms with Gasteiger partial charge in [0, 0.05) is 12.7 Å². The summed E-state index contributed by atoms with van der Waals surface area (Å²) in [5.41, 5.74) is 0.801. The maximum absolute atomic E-state index is 13.7. The zero-order chi connectivity index (χ0) is 19.4. The quantitative estimate of drug-likeness (QED) is 0.516. The molecule has 27 heavy (non-hydrogen) atoms. The maximum atomic E-state index is 13.7. The van der Waals surface area contributed by atoms with E-state index >= 15 is 0 Å². The Morgan fingerprint density at radius 3 is 2.41 bits per heavy atom. The van der Waals surface area contributed by atoms with Gasteiger partial charge >= 0.3 is 0 Å². The fourth-order valence-electron chi connectivity index (χ4n) is 2.30. The number of hydrogen-bond acceptors (Lipinski definition) is 3. The van der Waals surface area contributed by atoms with Crippen molar-refractivity contribution in [3.05, 3.63) is 89.3 Å². The lowest BCUT2D eigenvalue weighted by atomic mass is 10.2. The van der Waals surface area contributed by atoms with Crippen molar-refractivity contribution in [2.24, 2.45) is 0 Å². The second-order valence-electron chi connectivity index (χ2n) is 5.62. The summed E-state index contributed by atoms with van der Waals surface area (Å²) in [6.07, 6.45) is 2.60. The van der Waals surface area contributed by atoms with Crippen molar-refractivity contribution in [3.8, 4) is 0 Å². The molecule has 0 aliphatic rings. The van der Waals surface area contributed by atoms with Crippen molar-refractivity contribution in [3.63, 3.8) is 0 Å². The van der Waals surface area contributed by atoms with Crippen LogP contribution in [-0.2, 0) is 6.54 Å². The average Bonchev–Trinajstić information content (AvgIpc) is 2.68. The highest BCUT2D eigenvalue weighted by Gasteiger charge is 2.14. The van der Waals surface area contributed by atoms with Crippen LogP contribution < -0.4 is 10.6 Å². The minimum atomic E-state index is -1.60. The maximum Gasteiger partial charge on any atom is 0.253 e. The van der Waals surface area contributed by atoms with Crippen LogP contribution in [0, 0.1) is 23.3 Å². The first-order valence-electron chi connectivity index (χ1n) is 7.82. The number of halogens is 4. The van der Waals surface area contributed by atoms with Crippen molar-refractivity contribution in [2.45, 2.75) is 6.54 Å². The van der Waals surface area contributed by atoms with Crippen LogP contribution in [0.5, 0.6) is 0 Å². The molecule has 0 unspecified atom stereocenters. The molecule has 0 bridgehead atoms. The van der Waals surface area contributed by atoms with Gasteiger partial charge in [0.15, 0.2) is 17.5 Å². The fraction of sp³-hybridized carbons (Fsp3) is 0.0526. The van der Waals surface area contributed by atoms with Crippen LogP contribution in [0.4, 0.5) is 28.9 Å². The minimum Gasteiger partial charge on any atom is -0.352 e. The van der Waals surface area contributed by atoms with E-state index in [-0.39, 0.29) is 29.3 Å². The first-order valence-corrected chi connectivity index (χ1v) is 7.82. The number of nitrogens with zero attached hydrogens (tertiary/aromatic N) is 1. The molecule has 0 aliphatic carbocycles. The van der Waals surface area contributed by atoms with E-state index in [0.29, 0.717) is 5.56 Å². The third-order valence-corrected chi connectivity index (χ3v) is 3.68. The van der Waals surface area contributed by atoms with Gasteiger partial charge in [-0.15, -0.1) is 0 Å². The molecule has 138 valence electrons. The molecule has 0 aliphatic heterocycles. The first kappa shape index (κ1) is 18.4. The van der Waals surface area contributed by atoms with Crippen molar-refractivity contribution in [2.75, 3.05) is 5.32 Å². The Labute approximate surface area is 151 Å². The van der Waals surface area contributed by atoms with E-state index < -0.39 is 23.4 Å². The largest absolute Gasteiger partial charge is 0.352 e. The lowest BCUT2D eigenvalue weighted by Crippen LogP contribution is -2.23. The monoisotopic (exact) mass is 375 g/mol. The fourth-order valence-corrected chi connectivity index (χ4v) is 2.30. The molecule has 4 nitrogen and oxygen atoms in total. The molecule has 0 atom stereocenters. The highest BCUT2D eigenvalue weighted by Crippen LogP contribution is 2.23. The Balaban J connectivity index is 1.70. The molecule has 0 saturated carbocycles. The number of benzene rings is 2. The second-order valence-corrected chi connectivity index (χ2v) is 5.62. The van der Waals surface area contributed by atoms with Gasteiger partial charge in [-0.05, 0) is 35.9 Å². The van der Waals surface area contributed by atoms with E-state index in [4.69, 9.17) is 0 Å². The number of hydrogen-bond donors (Lipinski definition) is 2. The van der Waals surface area contributed by atoms with Crippen LogP contribution >= 0.6 is 0 Å². The van der Waals surface area contributed by atoms with Gasteiger partial charge < -0.3 is 10.6 Å². The van der Waals surface area contributed by atoms with Crippen LogP contribution in [-0.4, -0.2) is 10.9 Å². The Bertz CT molecular complexity index is 977. The van der Waals surface area contributed by atoms with E-state index in [0.717, 1.165) is 12.1 Å². The zero-order valence-corrected chi connectivity index (χ0v) is 13.8. The molecule has 0 radical (unpaired) electrons. The average molecular weight is 375 g/mol. The number of carbonyl (C=O) groups excluding carboxylic acids is 1. The summed E-state index contributed by atoms with van der Waals surface area (Å²) in [5, 5.41) is 5.19. The smallest absolute Gasteiger partial charge is 0.253 e. The van der Waals surface area contributed by atoms with Gasteiger partial charge in [-0.25, -0.2) is 17.6 Å². The van der Waals surface area contributed by atoms with Gasteiger partial charge in [-0.2, -0.15) is 0 Å². The van der Waals surface area contributed by atoms with Gasteiger partial charge in [0.25, 0.3) is 5.91 Å². The molecule has 1 heterocycles. The lowest BCUT2D eigenvalue weighted by Gasteiger charge is -2.10. The van der Waals surface area contributed by atoms with E-state index in [9.17, 15) is 22.4 Å². The van der Waals surface area contributed by atoms with Crippen LogP contribution in [0.3, 0.4) is 0 Å². The standard InChI is InChI=1S/C19H13F4N3O/c20-13-3-1-11(2-4-13)8-25-19(27)12-7-14(10-24-9-12)26-16-6-5-15(21)17(22)18(16)23/h1-7,9-10,26H,8H2,(H,25,27). The van der Waals surface area contributed by atoms with Crippen LogP contribution in [0.15, 0.2) is 54.9 Å². The van der Waals surface area contributed by atoms with E-state index in [2.05, 4.69) is 15.6 Å². The number of carbonyl (C=O) groups is 1. The molecule has 3 aromatic rings. The molecule has 1 aromatic heterocycles. The molecule has 3 rings (SSSR count). The van der Waals surface area contributed by atoms with Crippen molar-refractivity contribution >= 4 is 17.3 Å². The van der Waals surface area contributed by atoms with Crippen molar-refractivity contribution < 1.29 is 22.4 Å². The molecular weight excluding hydrogens is 362 g/mol. The Kier molecular flexibility index (Phi) is 5.35. The van der Waals surface area contributed by atoms with Gasteiger partial charge in [0.2, 0.25) is 0 Å². The number of pyridine rings is 1. The molecule has 1 amide bonds. The van der Waals surface area contributed by atoms with Gasteiger partial charge in [0.1, 0.15) is 5.82 Å². The van der Waals surface area contributed by atoms with Gasteiger partial charge in [0.05, 0.1) is 23.1 Å². The summed E-state index contributed by atoms with van der Waals surface area (Å²) in [6.45, 7) is 0.175. The summed E-state index contributed by atoms with van der Waals surface area (Å²) in [6, 6.07) is 8.85. The SMILES string of the molecule is O=C(NCc1ccc(F)cc1)c1cncc(Nc2ccc(F)c(F)c2F)c1. The highest BCUT2D eigenvalue weighted by atomic mass is 19.2. The van der Waals surface area contributed by atoms with E-state index in [1.807, 2.05) is 0 Å². The molecule has 2 N–H and O–H groups in total.